The van der Waals surface area contributed by atoms with Crippen LogP contribution < -0.4 is 0 Å². The summed E-state index contributed by atoms with van der Waals surface area (Å²) < 4.78 is 11.9. The predicted molar refractivity (Wildman–Crippen MR) is 86.7 cm³/mol. The van der Waals surface area contributed by atoms with Gasteiger partial charge in [0.1, 0.15) is 0 Å². The summed E-state index contributed by atoms with van der Waals surface area (Å²) in [5, 5.41) is 0. The molecule has 0 N–H and O–H groups in total. The summed E-state index contributed by atoms with van der Waals surface area (Å²) in [5.74, 6) is 0. The largest absolute Gasteiger partial charge is 0.375 e. The standard InChI is InChI=1S/C17H34N2O2/c1-13(2)19-10-16(20-11-15(19)4)9-14(3)18-7-8-21-17(5,6)12-18/h13-16H,7-12H2,1-6H3. The zero-order valence-corrected chi connectivity index (χ0v) is 14.8. The van der Waals surface area contributed by atoms with E-state index in [0.29, 0.717) is 24.2 Å². The van der Waals surface area contributed by atoms with Crippen molar-refractivity contribution >= 4 is 0 Å². The molecule has 0 amide bonds. The molecule has 2 fully saturated rings. The van der Waals surface area contributed by atoms with Gasteiger partial charge in [-0.3, -0.25) is 9.80 Å². The summed E-state index contributed by atoms with van der Waals surface area (Å²) in [6.45, 7) is 18.4. The van der Waals surface area contributed by atoms with E-state index in [1.54, 1.807) is 0 Å². The number of ether oxygens (including phenoxy) is 2. The number of morpholine rings is 2. The summed E-state index contributed by atoms with van der Waals surface area (Å²) >= 11 is 0. The second-order valence-corrected chi connectivity index (χ2v) is 7.76. The van der Waals surface area contributed by atoms with Gasteiger partial charge in [-0.1, -0.05) is 0 Å². The molecule has 4 nitrogen and oxygen atoms in total. The van der Waals surface area contributed by atoms with E-state index in [1.165, 1.54) is 0 Å². The van der Waals surface area contributed by atoms with Crippen LogP contribution in [0.3, 0.4) is 0 Å². The molecule has 124 valence electrons. The molecule has 0 bridgehead atoms. The van der Waals surface area contributed by atoms with Crippen LogP contribution in [-0.2, 0) is 9.47 Å². The van der Waals surface area contributed by atoms with Crippen LogP contribution in [0.4, 0.5) is 0 Å². The molecule has 0 aromatic carbocycles. The highest BCUT2D eigenvalue weighted by molar-refractivity contribution is 4.86. The molecule has 3 unspecified atom stereocenters. The first-order valence-corrected chi connectivity index (χ1v) is 8.54. The molecule has 0 radical (unpaired) electrons. The molecular formula is C17H34N2O2. The monoisotopic (exact) mass is 298 g/mol. The molecule has 0 spiro atoms. The molecule has 2 saturated heterocycles. The molecule has 4 heteroatoms. The molecule has 3 atom stereocenters. The van der Waals surface area contributed by atoms with Crippen LogP contribution in [0, 0.1) is 0 Å². The van der Waals surface area contributed by atoms with Gasteiger partial charge < -0.3 is 9.47 Å². The molecular weight excluding hydrogens is 264 g/mol. The van der Waals surface area contributed by atoms with Gasteiger partial charge in [0.2, 0.25) is 0 Å². The molecule has 2 rings (SSSR count). The Hall–Kier alpha value is -0.160. The van der Waals surface area contributed by atoms with Gasteiger partial charge in [0.25, 0.3) is 0 Å². The molecule has 0 saturated carbocycles. The summed E-state index contributed by atoms with van der Waals surface area (Å²) in [5.41, 5.74) is -0.0155. The van der Waals surface area contributed by atoms with E-state index >= 15 is 0 Å². The fourth-order valence-corrected chi connectivity index (χ4v) is 3.66. The average molecular weight is 298 g/mol. The van der Waals surface area contributed by atoms with Crippen LogP contribution >= 0.6 is 0 Å². The number of hydrogen-bond acceptors (Lipinski definition) is 4. The average Bonchev–Trinajstić information content (AvgIpc) is 2.39. The lowest BCUT2D eigenvalue weighted by atomic mass is 10.0. The Morgan fingerprint density at radius 1 is 1.24 bits per heavy atom. The maximum Gasteiger partial charge on any atom is 0.0753 e. The third-order valence-corrected chi connectivity index (χ3v) is 4.90. The smallest absolute Gasteiger partial charge is 0.0753 e. The maximum atomic E-state index is 6.08. The van der Waals surface area contributed by atoms with E-state index in [0.717, 1.165) is 39.3 Å². The second kappa shape index (κ2) is 6.95. The van der Waals surface area contributed by atoms with E-state index in [1.807, 2.05) is 0 Å². The molecule has 0 aromatic rings. The lowest BCUT2D eigenvalue weighted by Gasteiger charge is -2.44. The van der Waals surface area contributed by atoms with Crippen molar-refractivity contribution in [2.75, 3.05) is 32.8 Å². The van der Waals surface area contributed by atoms with Gasteiger partial charge in [-0.2, -0.15) is 0 Å². The van der Waals surface area contributed by atoms with Crippen LogP contribution in [0.2, 0.25) is 0 Å². The van der Waals surface area contributed by atoms with Crippen LogP contribution in [-0.4, -0.2) is 72.5 Å². The molecule has 0 aromatic heterocycles. The van der Waals surface area contributed by atoms with Gasteiger partial charge in [-0.25, -0.2) is 0 Å². The third-order valence-electron chi connectivity index (χ3n) is 4.90. The highest BCUT2D eigenvalue weighted by atomic mass is 16.5. The van der Waals surface area contributed by atoms with Crippen LogP contribution in [0.5, 0.6) is 0 Å². The zero-order valence-electron chi connectivity index (χ0n) is 14.8. The van der Waals surface area contributed by atoms with Crippen molar-refractivity contribution in [3.63, 3.8) is 0 Å². The highest BCUT2D eigenvalue weighted by Gasteiger charge is 2.33. The van der Waals surface area contributed by atoms with Gasteiger partial charge in [-0.15, -0.1) is 0 Å². The van der Waals surface area contributed by atoms with E-state index in [9.17, 15) is 0 Å². The first-order chi connectivity index (χ1) is 9.78. The SMILES string of the molecule is CC(CC1CN(C(C)C)C(C)CO1)N1CCOC(C)(C)C1. The lowest BCUT2D eigenvalue weighted by Crippen LogP contribution is -2.55. The van der Waals surface area contributed by atoms with Crippen LogP contribution in [0.25, 0.3) is 0 Å². The second-order valence-electron chi connectivity index (χ2n) is 7.76. The summed E-state index contributed by atoms with van der Waals surface area (Å²) in [7, 11) is 0. The van der Waals surface area contributed by atoms with E-state index in [2.05, 4.69) is 51.3 Å². The van der Waals surface area contributed by atoms with Crippen molar-refractivity contribution < 1.29 is 9.47 Å². The van der Waals surface area contributed by atoms with Gasteiger partial charge in [0.15, 0.2) is 0 Å². The maximum absolute atomic E-state index is 6.08. The fourth-order valence-electron chi connectivity index (χ4n) is 3.66. The molecule has 21 heavy (non-hydrogen) atoms. The van der Waals surface area contributed by atoms with E-state index in [4.69, 9.17) is 9.47 Å². The Balaban J connectivity index is 1.86. The number of nitrogens with zero attached hydrogens (tertiary/aromatic N) is 2. The van der Waals surface area contributed by atoms with Crippen molar-refractivity contribution in [1.82, 2.24) is 9.80 Å². The Kier molecular flexibility index (Phi) is 5.69. The van der Waals surface area contributed by atoms with Crippen LogP contribution in [0.15, 0.2) is 0 Å². The van der Waals surface area contributed by atoms with Crippen molar-refractivity contribution in [3.05, 3.63) is 0 Å². The summed E-state index contributed by atoms with van der Waals surface area (Å²) in [4.78, 5) is 5.13. The number of hydrogen-bond donors (Lipinski definition) is 0. The highest BCUT2D eigenvalue weighted by Crippen LogP contribution is 2.23. The Morgan fingerprint density at radius 2 is 1.95 bits per heavy atom. The molecule has 2 aliphatic rings. The first kappa shape index (κ1) is 17.2. The fraction of sp³-hybridized carbons (Fsp3) is 1.00. The van der Waals surface area contributed by atoms with Crippen LogP contribution in [0.1, 0.15) is 48.0 Å². The van der Waals surface area contributed by atoms with Crippen molar-refractivity contribution in [2.45, 2.75) is 77.8 Å². The molecule has 0 aliphatic carbocycles. The Morgan fingerprint density at radius 3 is 2.57 bits per heavy atom. The van der Waals surface area contributed by atoms with Crippen molar-refractivity contribution in [1.29, 1.82) is 0 Å². The van der Waals surface area contributed by atoms with Gasteiger partial charge in [-0.05, 0) is 48.0 Å². The summed E-state index contributed by atoms with van der Waals surface area (Å²) in [6.07, 6.45) is 1.48. The molecule has 2 aliphatic heterocycles. The summed E-state index contributed by atoms with van der Waals surface area (Å²) in [6, 6.07) is 1.70. The minimum absolute atomic E-state index is 0.0155. The predicted octanol–water partition coefficient (Wildman–Crippen LogP) is 2.37. The minimum Gasteiger partial charge on any atom is -0.375 e. The zero-order chi connectivity index (χ0) is 15.6. The van der Waals surface area contributed by atoms with Crippen molar-refractivity contribution in [3.8, 4) is 0 Å². The Labute approximate surface area is 130 Å². The minimum atomic E-state index is -0.0155. The number of rotatable bonds is 4. The quantitative estimate of drug-likeness (QED) is 0.795. The topological polar surface area (TPSA) is 24.9 Å². The van der Waals surface area contributed by atoms with Crippen molar-refractivity contribution in [2.24, 2.45) is 0 Å². The normalized spacial score (nSPS) is 33.3. The van der Waals surface area contributed by atoms with Gasteiger partial charge in [0.05, 0.1) is 24.9 Å². The van der Waals surface area contributed by atoms with Gasteiger partial charge >= 0.3 is 0 Å². The Bertz CT molecular complexity index is 333. The van der Waals surface area contributed by atoms with Gasteiger partial charge in [0, 0.05) is 37.8 Å². The lowest BCUT2D eigenvalue weighted by molar-refractivity contribution is -0.111. The van der Waals surface area contributed by atoms with E-state index in [-0.39, 0.29) is 5.60 Å². The first-order valence-electron chi connectivity index (χ1n) is 8.54. The molecule has 2 heterocycles. The third kappa shape index (κ3) is 4.65. The van der Waals surface area contributed by atoms with E-state index < -0.39 is 0 Å².